The summed E-state index contributed by atoms with van der Waals surface area (Å²) in [6, 6.07) is 0. The van der Waals surface area contributed by atoms with E-state index in [-0.39, 0.29) is 0 Å². The lowest BCUT2D eigenvalue weighted by Gasteiger charge is -2.08. The molecule has 0 fully saturated rings. The van der Waals surface area contributed by atoms with Crippen molar-refractivity contribution < 1.29 is 0 Å². The Balaban J connectivity index is 0. The van der Waals surface area contributed by atoms with Crippen LogP contribution in [-0.2, 0) is 0 Å². The monoisotopic (exact) mass is 186 g/mol. The molecule has 0 aromatic heterocycles. The van der Waals surface area contributed by atoms with Gasteiger partial charge in [0.15, 0.2) is 0 Å². The summed E-state index contributed by atoms with van der Waals surface area (Å²) in [5, 5.41) is 0. The fourth-order valence-corrected chi connectivity index (χ4v) is 1.56. The maximum atomic E-state index is 2.38. The van der Waals surface area contributed by atoms with E-state index in [2.05, 4.69) is 20.8 Å². The maximum Gasteiger partial charge on any atom is -0.0443 e. The van der Waals surface area contributed by atoms with Crippen LogP contribution in [0.3, 0.4) is 0 Å². The van der Waals surface area contributed by atoms with Crippen molar-refractivity contribution in [1.82, 2.24) is 0 Å². The van der Waals surface area contributed by atoms with Gasteiger partial charge < -0.3 is 0 Å². The Morgan fingerprint density at radius 3 is 1.85 bits per heavy atom. The van der Waals surface area contributed by atoms with E-state index in [1.807, 2.05) is 13.8 Å². The summed E-state index contributed by atoms with van der Waals surface area (Å²) in [5.74, 6) is 0.969. The SMILES string of the molecule is CC.CCCCCCC(C)CCC. The first kappa shape index (κ1) is 15.5. The minimum Gasteiger partial charge on any atom is -0.0683 e. The van der Waals surface area contributed by atoms with Gasteiger partial charge in [0.1, 0.15) is 0 Å². The fraction of sp³-hybridized carbons (Fsp3) is 1.00. The van der Waals surface area contributed by atoms with Crippen LogP contribution in [0, 0.1) is 5.92 Å². The molecule has 0 rings (SSSR count). The van der Waals surface area contributed by atoms with Crippen LogP contribution in [0.15, 0.2) is 0 Å². The first-order valence-corrected chi connectivity index (χ1v) is 6.31. The number of unbranched alkanes of at least 4 members (excludes halogenated alkanes) is 3. The molecule has 0 heterocycles. The van der Waals surface area contributed by atoms with Crippen molar-refractivity contribution >= 4 is 0 Å². The van der Waals surface area contributed by atoms with Crippen molar-refractivity contribution in [1.29, 1.82) is 0 Å². The van der Waals surface area contributed by atoms with Gasteiger partial charge in [-0.25, -0.2) is 0 Å². The molecule has 82 valence electrons. The molecule has 0 spiro atoms. The molecule has 13 heavy (non-hydrogen) atoms. The summed E-state index contributed by atoms with van der Waals surface area (Å²) in [6.07, 6.45) is 9.93. The standard InChI is InChI=1S/C11H24.C2H6/c1-4-6-7-8-10-11(3)9-5-2;1-2/h11H,4-10H2,1-3H3;1-2H3. The van der Waals surface area contributed by atoms with Gasteiger partial charge in [0.25, 0.3) is 0 Å². The molecule has 0 bridgehead atoms. The van der Waals surface area contributed by atoms with Crippen LogP contribution in [0.1, 0.15) is 79.6 Å². The highest BCUT2D eigenvalue weighted by Gasteiger charge is 1.98. The number of hydrogen-bond donors (Lipinski definition) is 0. The molecule has 0 aromatic rings. The van der Waals surface area contributed by atoms with Gasteiger partial charge in [0.05, 0.1) is 0 Å². The fourth-order valence-electron chi connectivity index (χ4n) is 1.56. The lowest BCUT2D eigenvalue weighted by Crippen LogP contribution is -1.93. The van der Waals surface area contributed by atoms with Crippen molar-refractivity contribution in [2.45, 2.75) is 79.6 Å². The van der Waals surface area contributed by atoms with E-state index in [4.69, 9.17) is 0 Å². The third kappa shape index (κ3) is 14.8. The molecule has 0 saturated heterocycles. The van der Waals surface area contributed by atoms with E-state index in [0.29, 0.717) is 0 Å². The molecule has 0 aromatic carbocycles. The Labute approximate surface area is 86.1 Å². The minimum atomic E-state index is 0.969. The second-order valence-electron chi connectivity index (χ2n) is 3.74. The molecule has 0 aliphatic rings. The highest BCUT2D eigenvalue weighted by molar-refractivity contribution is 4.52. The smallest absolute Gasteiger partial charge is 0.0443 e. The molecule has 1 unspecified atom stereocenters. The highest BCUT2D eigenvalue weighted by Crippen LogP contribution is 2.14. The van der Waals surface area contributed by atoms with E-state index in [1.165, 1.54) is 44.9 Å². The van der Waals surface area contributed by atoms with E-state index in [1.54, 1.807) is 0 Å². The quantitative estimate of drug-likeness (QED) is 0.466. The van der Waals surface area contributed by atoms with Crippen molar-refractivity contribution in [2.24, 2.45) is 5.92 Å². The van der Waals surface area contributed by atoms with Gasteiger partial charge in [-0.1, -0.05) is 79.6 Å². The minimum absolute atomic E-state index is 0.969. The van der Waals surface area contributed by atoms with Gasteiger partial charge in [0, 0.05) is 0 Å². The molecule has 1 atom stereocenters. The topological polar surface area (TPSA) is 0 Å². The summed E-state index contributed by atoms with van der Waals surface area (Å²) in [6.45, 7) is 10.9. The van der Waals surface area contributed by atoms with Crippen molar-refractivity contribution in [3.05, 3.63) is 0 Å². The van der Waals surface area contributed by atoms with Gasteiger partial charge in [-0.05, 0) is 5.92 Å². The Morgan fingerprint density at radius 2 is 1.38 bits per heavy atom. The number of hydrogen-bond acceptors (Lipinski definition) is 0. The van der Waals surface area contributed by atoms with Crippen molar-refractivity contribution in [2.75, 3.05) is 0 Å². The predicted octanol–water partition coefficient (Wildman–Crippen LogP) is 5.42. The highest BCUT2D eigenvalue weighted by atomic mass is 14.0. The average molecular weight is 186 g/mol. The maximum absolute atomic E-state index is 2.38. The average Bonchev–Trinajstić information content (AvgIpc) is 2.16. The Kier molecular flexibility index (Phi) is 17.3. The Hall–Kier alpha value is 0. The van der Waals surface area contributed by atoms with E-state index >= 15 is 0 Å². The van der Waals surface area contributed by atoms with Gasteiger partial charge in [0.2, 0.25) is 0 Å². The zero-order chi connectivity index (χ0) is 10.5. The second-order valence-corrected chi connectivity index (χ2v) is 3.74. The first-order chi connectivity index (χ1) is 6.31. The van der Waals surface area contributed by atoms with Crippen LogP contribution in [0.2, 0.25) is 0 Å². The lowest BCUT2D eigenvalue weighted by molar-refractivity contribution is 0.455. The molecular weight excluding hydrogens is 156 g/mol. The van der Waals surface area contributed by atoms with Crippen LogP contribution < -0.4 is 0 Å². The summed E-state index contributed by atoms with van der Waals surface area (Å²) < 4.78 is 0. The van der Waals surface area contributed by atoms with Gasteiger partial charge in [-0.3, -0.25) is 0 Å². The van der Waals surface area contributed by atoms with Crippen LogP contribution in [0.5, 0.6) is 0 Å². The van der Waals surface area contributed by atoms with E-state index < -0.39 is 0 Å². The summed E-state index contributed by atoms with van der Waals surface area (Å²) in [5.41, 5.74) is 0. The van der Waals surface area contributed by atoms with Crippen LogP contribution in [0.25, 0.3) is 0 Å². The van der Waals surface area contributed by atoms with E-state index in [0.717, 1.165) is 5.92 Å². The largest absolute Gasteiger partial charge is 0.0683 e. The lowest BCUT2D eigenvalue weighted by atomic mass is 9.98. The third-order valence-corrected chi connectivity index (χ3v) is 2.33. The summed E-state index contributed by atoms with van der Waals surface area (Å²) in [7, 11) is 0. The van der Waals surface area contributed by atoms with Gasteiger partial charge in [-0.15, -0.1) is 0 Å². The molecule has 0 saturated carbocycles. The summed E-state index contributed by atoms with van der Waals surface area (Å²) in [4.78, 5) is 0. The van der Waals surface area contributed by atoms with Crippen molar-refractivity contribution in [3.63, 3.8) is 0 Å². The summed E-state index contributed by atoms with van der Waals surface area (Å²) >= 11 is 0. The molecule has 0 aliphatic heterocycles. The first-order valence-electron chi connectivity index (χ1n) is 6.31. The molecule has 0 aliphatic carbocycles. The molecule has 0 heteroatoms. The molecule has 0 amide bonds. The molecule has 0 nitrogen and oxygen atoms in total. The molecule has 0 N–H and O–H groups in total. The third-order valence-electron chi connectivity index (χ3n) is 2.33. The van der Waals surface area contributed by atoms with Crippen LogP contribution in [0.4, 0.5) is 0 Å². The molecular formula is C13H30. The Morgan fingerprint density at radius 1 is 0.769 bits per heavy atom. The normalized spacial score (nSPS) is 11.8. The zero-order valence-electron chi connectivity index (χ0n) is 10.5. The zero-order valence-corrected chi connectivity index (χ0v) is 10.5. The van der Waals surface area contributed by atoms with Crippen LogP contribution >= 0.6 is 0 Å². The number of rotatable bonds is 7. The second kappa shape index (κ2) is 14.5. The van der Waals surface area contributed by atoms with Gasteiger partial charge >= 0.3 is 0 Å². The predicted molar refractivity (Wildman–Crippen MR) is 64.2 cm³/mol. The Bertz CT molecular complexity index is 66.4. The van der Waals surface area contributed by atoms with Gasteiger partial charge in [-0.2, -0.15) is 0 Å². The van der Waals surface area contributed by atoms with Crippen LogP contribution in [-0.4, -0.2) is 0 Å². The van der Waals surface area contributed by atoms with Crippen molar-refractivity contribution in [3.8, 4) is 0 Å². The molecule has 0 radical (unpaired) electrons. The van der Waals surface area contributed by atoms with E-state index in [9.17, 15) is 0 Å².